The molecule has 0 fully saturated rings. The highest BCUT2D eigenvalue weighted by atomic mass is 79.9. The Kier molecular flexibility index (Phi) is 8.65. The molecule has 1 N–H and O–H groups in total. The molecule has 0 saturated carbocycles. The normalized spacial score (nSPS) is 10.6. The molecule has 0 atom stereocenters. The molecule has 0 unspecified atom stereocenters. The topological polar surface area (TPSA) is 39.7 Å². The molecule has 0 bridgehead atoms. The van der Waals surface area contributed by atoms with Crippen LogP contribution >= 0.6 is 15.9 Å². The second-order valence-corrected chi connectivity index (χ2v) is 5.32. The van der Waals surface area contributed by atoms with Gasteiger partial charge in [-0.2, -0.15) is 0 Å². The van der Waals surface area contributed by atoms with Gasteiger partial charge in [0, 0.05) is 24.7 Å². The van der Waals surface area contributed by atoms with Gasteiger partial charge in [-0.3, -0.25) is 0 Å². The Morgan fingerprint density at radius 1 is 1.15 bits per heavy atom. The van der Waals surface area contributed by atoms with Gasteiger partial charge in [-0.25, -0.2) is 0 Å². The predicted molar refractivity (Wildman–Crippen MR) is 84.7 cm³/mol. The summed E-state index contributed by atoms with van der Waals surface area (Å²) in [5.41, 5.74) is 1.16. The summed E-state index contributed by atoms with van der Waals surface area (Å²) in [5.74, 6) is 1.56. The molecule has 0 amide bonds. The van der Waals surface area contributed by atoms with Crippen molar-refractivity contribution in [2.24, 2.45) is 0 Å². The van der Waals surface area contributed by atoms with Crippen molar-refractivity contribution < 1.29 is 14.2 Å². The number of nitrogens with one attached hydrogen (secondary N) is 1. The average molecular weight is 346 g/mol. The van der Waals surface area contributed by atoms with Crippen LogP contribution in [0.25, 0.3) is 0 Å². The Morgan fingerprint density at radius 2 is 1.95 bits per heavy atom. The zero-order valence-electron chi connectivity index (χ0n) is 12.5. The number of ether oxygens (including phenoxy) is 3. The van der Waals surface area contributed by atoms with E-state index in [0.717, 1.165) is 54.1 Å². The summed E-state index contributed by atoms with van der Waals surface area (Å²) in [7, 11) is 3.38. The van der Waals surface area contributed by atoms with E-state index in [2.05, 4.69) is 28.2 Å². The molecule has 114 valence electrons. The largest absolute Gasteiger partial charge is 0.493 e. The highest BCUT2D eigenvalue weighted by Gasteiger charge is 2.10. The third-order valence-corrected chi connectivity index (χ3v) is 3.55. The first kappa shape index (κ1) is 17.3. The summed E-state index contributed by atoms with van der Waals surface area (Å²) < 4.78 is 17.1. The van der Waals surface area contributed by atoms with Crippen LogP contribution in [0.15, 0.2) is 16.6 Å². The molecule has 1 rings (SSSR count). The minimum Gasteiger partial charge on any atom is -0.493 e. The molecule has 5 heteroatoms. The number of hydrogen-bond acceptors (Lipinski definition) is 4. The van der Waals surface area contributed by atoms with E-state index in [0.29, 0.717) is 6.61 Å². The molecule has 0 aromatic heterocycles. The van der Waals surface area contributed by atoms with E-state index in [1.54, 1.807) is 14.2 Å². The van der Waals surface area contributed by atoms with Gasteiger partial charge in [0.25, 0.3) is 0 Å². The van der Waals surface area contributed by atoms with Crippen LogP contribution in [0.2, 0.25) is 0 Å². The predicted octanol–water partition coefficient (Wildman–Crippen LogP) is 3.37. The van der Waals surface area contributed by atoms with Crippen molar-refractivity contribution in [3.05, 3.63) is 22.2 Å². The lowest BCUT2D eigenvalue weighted by Gasteiger charge is -2.14. The third-order valence-electron chi connectivity index (χ3n) is 2.81. The fourth-order valence-corrected chi connectivity index (χ4v) is 2.22. The molecular weight excluding hydrogens is 322 g/mol. The molecule has 4 nitrogen and oxygen atoms in total. The zero-order valence-corrected chi connectivity index (χ0v) is 14.1. The minimum atomic E-state index is 0.692. The van der Waals surface area contributed by atoms with Crippen LogP contribution in [0.4, 0.5) is 0 Å². The second kappa shape index (κ2) is 10.0. The van der Waals surface area contributed by atoms with E-state index in [4.69, 9.17) is 14.2 Å². The van der Waals surface area contributed by atoms with Gasteiger partial charge in [0.1, 0.15) is 0 Å². The number of benzene rings is 1. The van der Waals surface area contributed by atoms with Crippen molar-refractivity contribution in [3.63, 3.8) is 0 Å². The summed E-state index contributed by atoms with van der Waals surface area (Å²) >= 11 is 3.59. The fraction of sp³-hybridized carbons (Fsp3) is 0.600. The summed E-state index contributed by atoms with van der Waals surface area (Å²) in [4.78, 5) is 0. The lowest BCUT2D eigenvalue weighted by Crippen LogP contribution is -2.16. The van der Waals surface area contributed by atoms with Crippen LogP contribution < -0.4 is 14.8 Å². The van der Waals surface area contributed by atoms with Crippen LogP contribution in [0.5, 0.6) is 11.5 Å². The Labute approximate surface area is 129 Å². The van der Waals surface area contributed by atoms with Gasteiger partial charge < -0.3 is 19.5 Å². The first-order valence-electron chi connectivity index (χ1n) is 6.91. The van der Waals surface area contributed by atoms with Gasteiger partial charge in [0.15, 0.2) is 11.5 Å². The number of halogens is 1. The Hall–Kier alpha value is -0.780. The van der Waals surface area contributed by atoms with E-state index in [1.165, 1.54) is 0 Å². The van der Waals surface area contributed by atoms with Gasteiger partial charge >= 0.3 is 0 Å². The summed E-state index contributed by atoms with van der Waals surface area (Å²) in [6, 6.07) is 3.99. The minimum absolute atomic E-state index is 0.692. The fourth-order valence-electron chi connectivity index (χ4n) is 1.76. The number of methoxy groups -OCH3 is 2. The van der Waals surface area contributed by atoms with Crippen molar-refractivity contribution in [1.82, 2.24) is 5.32 Å². The molecule has 0 aliphatic heterocycles. The summed E-state index contributed by atoms with van der Waals surface area (Å²) in [6.07, 6.45) is 1.98. The summed E-state index contributed by atoms with van der Waals surface area (Å²) in [5, 5.41) is 3.38. The third kappa shape index (κ3) is 5.69. The highest BCUT2D eigenvalue weighted by Crippen LogP contribution is 2.33. The van der Waals surface area contributed by atoms with Gasteiger partial charge in [-0.15, -0.1) is 0 Å². The smallest absolute Gasteiger partial charge is 0.162 e. The van der Waals surface area contributed by atoms with E-state index >= 15 is 0 Å². The molecule has 1 aromatic carbocycles. The van der Waals surface area contributed by atoms with Crippen LogP contribution in [0, 0.1) is 0 Å². The maximum absolute atomic E-state index is 5.68. The molecule has 0 radical (unpaired) electrons. The average Bonchev–Trinajstić information content (AvgIpc) is 2.46. The van der Waals surface area contributed by atoms with E-state index < -0.39 is 0 Å². The van der Waals surface area contributed by atoms with Crippen molar-refractivity contribution in [1.29, 1.82) is 0 Å². The number of hydrogen-bond donors (Lipinski definition) is 1. The van der Waals surface area contributed by atoms with E-state index in [-0.39, 0.29) is 0 Å². The standard InChI is InChI=1S/C15H24BrNO3/c1-4-7-20-15-10-13(16)12(9-14(15)19-3)11-17-6-5-8-18-2/h9-10,17H,4-8,11H2,1-3H3. The molecule has 0 heterocycles. The highest BCUT2D eigenvalue weighted by molar-refractivity contribution is 9.10. The summed E-state index contributed by atoms with van der Waals surface area (Å²) in [6.45, 7) is 5.27. The molecule has 0 aliphatic carbocycles. The Morgan fingerprint density at radius 3 is 2.60 bits per heavy atom. The van der Waals surface area contributed by atoms with Crippen molar-refractivity contribution in [2.75, 3.05) is 34.0 Å². The molecular formula is C15H24BrNO3. The van der Waals surface area contributed by atoms with Crippen LogP contribution in [0.1, 0.15) is 25.3 Å². The van der Waals surface area contributed by atoms with Crippen LogP contribution in [-0.4, -0.2) is 34.0 Å². The van der Waals surface area contributed by atoms with Gasteiger partial charge in [0.2, 0.25) is 0 Å². The Bertz CT molecular complexity index is 399. The van der Waals surface area contributed by atoms with Crippen molar-refractivity contribution in [2.45, 2.75) is 26.3 Å². The van der Waals surface area contributed by atoms with Gasteiger partial charge in [-0.1, -0.05) is 22.9 Å². The van der Waals surface area contributed by atoms with Crippen LogP contribution in [-0.2, 0) is 11.3 Å². The molecule has 0 saturated heterocycles. The van der Waals surface area contributed by atoms with Gasteiger partial charge in [-0.05, 0) is 37.1 Å². The van der Waals surface area contributed by atoms with Crippen LogP contribution in [0.3, 0.4) is 0 Å². The first-order chi connectivity index (χ1) is 9.72. The monoisotopic (exact) mass is 345 g/mol. The lowest BCUT2D eigenvalue weighted by atomic mass is 10.2. The number of rotatable bonds is 10. The van der Waals surface area contributed by atoms with E-state index in [1.807, 2.05) is 12.1 Å². The van der Waals surface area contributed by atoms with Crippen molar-refractivity contribution in [3.8, 4) is 11.5 Å². The Balaban J connectivity index is 2.62. The lowest BCUT2D eigenvalue weighted by molar-refractivity contribution is 0.194. The maximum Gasteiger partial charge on any atom is 0.162 e. The zero-order chi connectivity index (χ0) is 14.8. The SMILES string of the molecule is CCCOc1cc(Br)c(CNCCCOC)cc1OC. The molecule has 1 aromatic rings. The quantitative estimate of drug-likeness (QED) is 0.660. The molecule has 0 aliphatic rings. The molecule has 20 heavy (non-hydrogen) atoms. The van der Waals surface area contributed by atoms with E-state index in [9.17, 15) is 0 Å². The second-order valence-electron chi connectivity index (χ2n) is 4.47. The molecule has 0 spiro atoms. The van der Waals surface area contributed by atoms with Crippen molar-refractivity contribution >= 4 is 15.9 Å². The maximum atomic E-state index is 5.68. The first-order valence-corrected chi connectivity index (χ1v) is 7.71. The van der Waals surface area contributed by atoms with Gasteiger partial charge in [0.05, 0.1) is 13.7 Å².